The van der Waals surface area contributed by atoms with Crippen molar-refractivity contribution in [3.8, 4) is 5.75 Å². The molecule has 2 rings (SSSR count). The van der Waals surface area contributed by atoms with E-state index in [1.165, 1.54) is 6.07 Å². The zero-order chi connectivity index (χ0) is 11.7. The molecular weight excluding hydrogens is 298 g/mol. The maximum atomic E-state index is 13.5. The van der Waals surface area contributed by atoms with E-state index in [4.69, 9.17) is 21.1 Å². The molecule has 0 aromatic heterocycles. The van der Waals surface area contributed by atoms with Gasteiger partial charge in [0.2, 0.25) is 0 Å². The van der Waals surface area contributed by atoms with Crippen molar-refractivity contribution in [1.29, 1.82) is 0 Å². The van der Waals surface area contributed by atoms with Gasteiger partial charge in [-0.25, -0.2) is 4.39 Å². The van der Waals surface area contributed by atoms with Gasteiger partial charge in [0.1, 0.15) is 12.2 Å². The Morgan fingerprint density at radius 2 is 2.25 bits per heavy atom. The number of hydrogen-bond donors (Lipinski definition) is 0. The summed E-state index contributed by atoms with van der Waals surface area (Å²) in [5.41, 5.74) is 0. The van der Waals surface area contributed by atoms with Gasteiger partial charge in [0.05, 0.1) is 5.38 Å². The van der Waals surface area contributed by atoms with Crippen LogP contribution >= 0.6 is 27.5 Å². The van der Waals surface area contributed by atoms with Crippen LogP contribution in [0.5, 0.6) is 5.75 Å². The lowest BCUT2D eigenvalue weighted by molar-refractivity contribution is -0.0596. The summed E-state index contributed by atoms with van der Waals surface area (Å²) in [7, 11) is 1.58. The summed E-state index contributed by atoms with van der Waals surface area (Å²) in [6, 6.07) is 4.69. The molecule has 1 aromatic carbocycles. The lowest BCUT2D eigenvalue weighted by atomic mass is 9.91. The van der Waals surface area contributed by atoms with Crippen molar-refractivity contribution in [3.05, 3.63) is 28.5 Å². The summed E-state index contributed by atoms with van der Waals surface area (Å²) >= 11 is 9.12. The number of halogens is 3. The standard InChI is InChI=1S/C11H11BrClFO2/c1-15-11-7(13)5-10(11)16-9-3-2-6(12)4-8(9)14/h2-4,7,10-11H,5H2,1H3. The van der Waals surface area contributed by atoms with Crippen molar-refractivity contribution in [3.63, 3.8) is 0 Å². The maximum absolute atomic E-state index is 13.5. The molecule has 1 aliphatic carbocycles. The zero-order valence-corrected chi connectivity index (χ0v) is 11.0. The van der Waals surface area contributed by atoms with E-state index in [9.17, 15) is 4.39 Å². The molecule has 1 saturated carbocycles. The average molecular weight is 310 g/mol. The van der Waals surface area contributed by atoms with Crippen molar-refractivity contribution in [2.75, 3.05) is 7.11 Å². The molecule has 0 spiro atoms. The zero-order valence-electron chi connectivity index (χ0n) is 8.62. The smallest absolute Gasteiger partial charge is 0.166 e. The van der Waals surface area contributed by atoms with Gasteiger partial charge in [0.25, 0.3) is 0 Å². The summed E-state index contributed by atoms with van der Waals surface area (Å²) in [6.45, 7) is 0. The second-order valence-electron chi connectivity index (χ2n) is 3.68. The fraction of sp³-hybridized carbons (Fsp3) is 0.455. The van der Waals surface area contributed by atoms with Gasteiger partial charge < -0.3 is 9.47 Å². The minimum atomic E-state index is -0.387. The molecule has 1 aliphatic rings. The summed E-state index contributed by atoms with van der Waals surface area (Å²) in [4.78, 5) is 0. The average Bonchev–Trinajstić information content (AvgIpc) is 2.21. The summed E-state index contributed by atoms with van der Waals surface area (Å²) < 4.78 is 24.8. The SMILES string of the molecule is COC1C(Cl)CC1Oc1ccc(Br)cc1F. The van der Waals surface area contributed by atoms with Gasteiger partial charge in [-0.15, -0.1) is 11.6 Å². The maximum Gasteiger partial charge on any atom is 0.166 e. The number of ether oxygens (including phenoxy) is 2. The van der Waals surface area contributed by atoms with Crippen molar-refractivity contribution in [2.45, 2.75) is 24.0 Å². The Balaban J connectivity index is 2.04. The molecule has 0 radical (unpaired) electrons. The quantitative estimate of drug-likeness (QED) is 0.797. The molecule has 0 saturated heterocycles. The Hall–Kier alpha value is -0.320. The Morgan fingerprint density at radius 1 is 1.50 bits per heavy atom. The molecule has 1 fully saturated rings. The molecule has 1 aromatic rings. The predicted molar refractivity (Wildman–Crippen MR) is 63.6 cm³/mol. The van der Waals surface area contributed by atoms with E-state index in [1.54, 1.807) is 19.2 Å². The normalized spacial score (nSPS) is 28.6. The van der Waals surface area contributed by atoms with Crippen molar-refractivity contribution >= 4 is 27.5 Å². The monoisotopic (exact) mass is 308 g/mol. The van der Waals surface area contributed by atoms with Crippen LogP contribution in [0.4, 0.5) is 4.39 Å². The van der Waals surface area contributed by atoms with Gasteiger partial charge in [-0.1, -0.05) is 15.9 Å². The van der Waals surface area contributed by atoms with E-state index in [0.29, 0.717) is 10.9 Å². The molecule has 0 amide bonds. The van der Waals surface area contributed by atoms with Gasteiger partial charge in [-0.05, 0) is 18.2 Å². The van der Waals surface area contributed by atoms with E-state index in [0.717, 1.165) is 0 Å². The highest BCUT2D eigenvalue weighted by atomic mass is 79.9. The fourth-order valence-electron chi connectivity index (χ4n) is 1.68. The summed E-state index contributed by atoms with van der Waals surface area (Å²) in [5, 5.41) is -0.0477. The van der Waals surface area contributed by atoms with Crippen LogP contribution in [-0.2, 0) is 4.74 Å². The Bertz CT molecular complexity index is 388. The second kappa shape index (κ2) is 4.90. The third-order valence-electron chi connectivity index (χ3n) is 2.62. The van der Waals surface area contributed by atoms with Gasteiger partial charge in [0.15, 0.2) is 11.6 Å². The minimum Gasteiger partial charge on any atom is -0.485 e. The number of benzene rings is 1. The summed E-state index contributed by atoms with van der Waals surface area (Å²) in [5.74, 6) is -0.152. The van der Waals surface area contributed by atoms with Crippen molar-refractivity contribution < 1.29 is 13.9 Å². The number of methoxy groups -OCH3 is 1. The number of rotatable bonds is 3. The van der Waals surface area contributed by atoms with Crippen LogP contribution < -0.4 is 4.74 Å². The largest absolute Gasteiger partial charge is 0.485 e. The van der Waals surface area contributed by atoms with E-state index >= 15 is 0 Å². The van der Waals surface area contributed by atoms with Crippen LogP contribution in [0.3, 0.4) is 0 Å². The molecular formula is C11H11BrClFO2. The highest BCUT2D eigenvalue weighted by Crippen LogP contribution is 2.33. The third kappa shape index (κ3) is 2.34. The van der Waals surface area contributed by atoms with E-state index in [2.05, 4.69) is 15.9 Å². The van der Waals surface area contributed by atoms with Gasteiger partial charge >= 0.3 is 0 Å². The van der Waals surface area contributed by atoms with Gasteiger partial charge in [0, 0.05) is 18.0 Å². The van der Waals surface area contributed by atoms with E-state index < -0.39 is 0 Å². The van der Waals surface area contributed by atoms with Crippen LogP contribution in [0.25, 0.3) is 0 Å². The number of hydrogen-bond acceptors (Lipinski definition) is 2. The first kappa shape index (κ1) is 12.1. The molecule has 5 heteroatoms. The number of alkyl halides is 1. The topological polar surface area (TPSA) is 18.5 Å². The highest BCUT2D eigenvalue weighted by Gasteiger charge is 2.42. The molecule has 0 bridgehead atoms. The molecule has 3 unspecified atom stereocenters. The van der Waals surface area contributed by atoms with Crippen LogP contribution in [-0.4, -0.2) is 24.7 Å². The minimum absolute atomic E-state index is 0.0477. The first-order valence-electron chi connectivity index (χ1n) is 4.90. The molecule has 0 aliphatic heterocycles. The summed E-state index contributed by atoms with van der Waals surface area (Å²) in [6.07, 6.45) is 0.350. The molecule has 0 heterocycles. The molecule has 2 nitrogen and oxygen atoms in total. The lowest BCUT2D eigenvalue weighted by Crippen LogP contribution is -2.52. The van der Waals surface area contributed by atoms with Crippen molar-refractivity contribution in [2.24, 2.45) is 0 Å². The van der Waals surface area contributed by atoms with Crippen LogP contribution in [0.15, 0.2) is 22.7 Å². The molecule has 88 valence electrons. The van der Waals surface area contributed by atoms with Gasteiger partial charge in [-0.3, -0.25) is 0 Å². The first-order valence-corrected chi connectivity index (χ1v) is 6.13. The first-order chi connectivity index (χ1) is 7.61. The highest BCUT2D eigenvalue weighted by molar-refractivity contribution is 9.10. The Kier molecular flexibility index (Phi) is 3.72. The van der Waals surface area contributed by atoms with Gasteiger partial charge in [-0.2, -0.15) is 0 Å². The lowest BCUT2D eigenvalue weighted by Gasteiger charge is -2.39. The predicted octanol–water partition coefficient (Wildman–Crippen LogP) is 3.36. The third-order valence-corrected chi connectivity index (χ3v) is 3.54. The Morgan fingerprint density at radius 3 is 2.81 bits per heavy atom. The van der Waals surface area contributed by atoms with E-state index in [1.807, 2.05) is 0 Å². The Labute approximate surface area is 107 Å². The van der Waals surface area contributed by atoms with Crippen LogP contribution in [0.1, 0.15) is 6.42 Å². The van der Waals surface area contributed by atoms with Crippen LogP contribution in [0.2, 0.25) is 0 Å². The van der Waals surface area contributed by atoms with E-state index in [-0.39, 0.29) is 29.2 Å². The molecule has 16 heavy (non-hydrogen) atoms. The van der Waals surface area contributed by atoms with Crippen LogP contribution in [0, 0.1) is 5.82 Å². The fourth-order valence-corrected chi connectivity index (χ4v) is 2.45. The molecule has 0 N–H and O–H groups in total. The second-order valence-corrected chi connectivity index (χ2v) is 5.16. The molecule has 3 atom stereocenters. The van der Waals surface area contributed by atoms with Crippen molar-refractivity contribution in [1.82, 2.24) is 0 Å².